The van der Waals surface area contributed by atoms with Crippen LogP contribution in [-0.4, -0.2) is 21.0 Å². The van der Waals surface area contributed by atoms with E-state index in [9.17, 15) is 9.90 Å². The third kappa shape index (κ3) is 2.45. The molecule has 0 spiro atoms. The normalized spacial score (nSPS) is 10.1. The van der Waals surface area contributed by atoms with Crippen LogP contribution in [-0.2, 0) is 0 Å². The van der Waals surface area contributed by atoms with E-state index in [-0.39, 0.29) is 11.3 Å². The maximum absolute atomic E-state index is 11.2. The minimum atomic E-state index is -1.06. The molecule has 0 unspecified atom stereocenters. The van der Waals surface area contributed by atoms with Crippen molar-refractivity contribution in [3.8, 4) is 11.5 Å². The summed E-state index contributed by atoms with van der Waals surface area (Å²) in [5, 5.41) is 9.18. The fourth-order valence-corrected chi connectivity index (χ4v) is 1.67. The van der Waals surface area contributed by atoms with Crippen molar-refractivity contribution in [3.63, 3.8) is 0 Å². The van der Waals surface area contributed by atoms with Crippen LogP contribution in [0.15, 0.2) is 30.6 Å². The molecule has 2 rings (SSSR count). The van der Waals surface area contributed by atoms with E-state index in [4.69, 9.17) is 4.74 Å². The van der Waals surface area contributed by atoms with Crippen LogP contribution in [0.5, 0.6) is 11.5 Å². The van der Waals surface area contributed by atoms with Gasteiger partial charge in [0.05, 0.1) is 11.9 Å². The predicted octanol–water partition coefficient (Wildman–Crippen LogP) is 2.58. The van der Waals surface area contributed by atoms with Gasteiger partial charge in [0, 0.05) is 18.0 Å². The largest absolute Gasteiger partial charge is 0.477 e. The second-order valence-corrected chi connectivity index (χ2v) is 3.82. The Kier molecular flexibility index (Phi) is 3.23. The highest BCUT2D eigenvalue weighted by molar-refractivity contribution is 5.92. The van der Waals surface area contributed by atoms with Gasteiger partial charge in [0.25, 0.3) is 0 Å². The van der Waals surface area contributed by atoms with Gasteiger partial charge in [0.1, 0.15) is 17.1 Å². The number of nitrogens with zero attached hydrogens (tertiary/aromatic N) is 2. The summed E-state index contributed by atoms with van der Waals surface area (Å²) < 4.78 is 5.55. The van der Waals surface area contributed by atoms with Crippen molar-refractivity contribution in [2.75, 3.05) is 0 Å². The molecule has 0 fully saturated rings. The lowest BCUT2D eigenvalue weighted by molar-refractivity contribution is 0.0692. The SMILES string of the molecule is Cc1cc(Oc2cccnc2)c(C(=O)O)c(C)n1. The number of aryl methyl sites for hydroxylation is 2. The van der Waals surface area contributed by atoms with Gasteiger partial charge in [0.2, 0.25) is 0 Å². The van der Waals surface area contributed by atoms with Crippen molar-refractivity contribution in [1.82, 2.24) is 9.97 Å². The molecule has 0 saturated carbocycles. The number of aromatic nitrogens is 2. The Bertz CT molecular complexity index is 582. The molecule has 0 aliphatic rings. The number of aromatic carboxylic acids is 1. The Morgan fingerprint density at radius 3 is 2.78 bits per heavy atom. The maximum Gasteiger partial charge on any atom is 0.341 e. The fraction of sp³-hybridized carbons (Fsp3) is 0.154. The Labute approximate surface area is 104 Å². The molecule has 0 saturated heterocycles. The number of carboxylic acid groups (broad SMARTS) is 1. The monoisotopic (exact) mass is 244 g/mol. The Balaban J connectivity index is 2.46. The molecule has 0 aliphatic heterocycles. The molecule has 2 heterocycles. The van der Waals surface area contributed by atoms with Crippen molar-refractivity contribution in [2.45, 2.75) is 13.8 Å². The van der Waals surface area contributed by atoms with Crippen molar-refractivity contribution in [3.05, 3.63) is 47.5 Å². The van der Waals surface area contributed by atoms with E-state index in [1.165, 1.54) is 6.20 Å². The lowest BCUT2D eigenvalue weighted by atomic mass is 10.1. The average Bonchev–Trinajstić information content (AvgIpc) is 2.28. The summed E-state index contributed by atoms with van der Waals surface area (Å²) in [4.78, 5) is 19.2. The van der Waals surface area contributed by atoms with Crippen LogP contribution in [0.3, 0.4) is 0 Å². The van der Waals surface area contributed by atoms with Gasteiger partial charge in [-0.15, -0.1) is 0 Å². The molecular formula is C13H12N2O3. The van der Waals surface area contributed by atoms with Gasteiger partial charge in [-0.05, 0) is 26.0 Å². The summed E-state index contributed by atoms with van der Waals surface area (Å²) in [6, 6.07) is 5.03. The van der Waals surface area contributed by atoms with Crippen molar-refractivity contribution >= 4 is 5.97 Å². The fourth-order valence-electron chi connectivity index (χ4n) is 1.67. The Hall–Kier alpha value is -2.43. The molecule has 1 N–H and O–H groups in total. The molecule has 2 aromatic rings. The van der Waals surface area contributed by atoms with Crippen LogP contribution in [0.2, 0.25) is 0 Å². The van der Waals surface area contributed by atoms with Crippen LogP contribution in [0, 0.1) is 13.8 Å². The van der Waals surface area contributed by atoms with E-state index < -0.39 is 5.97 Å². The first-order chi connectivity index (χ1) is 8.58. The minimum Gasteiger partial charge on any atom is -0.477 e. The van der Waals surface area contributed by atoms with Crippen LogP contribution < -0.4 is 4.74 Å². The number of rotatable bonds is 3. The van der Waals surface area contributed by atoms with Gasteiger partial charge in [-0.3, -0.25) is 9.97 Å². The lowest BCUT2D eigenvalue weighted by Crippen LogP contribution is -2.06. The van der Waals surface area contributed by atoms with E-state index >= 15 is 0 Å². The number of hydrogen-bond acceptors (Lipinski definition) is 4. The zero-order valence-corrected chi connectivity index (χ0v) is 10.0. The van der Waals surface area contributed by atoms with Crippen molar-refractivity contribution in [2.24, 2.45) is 0 Å². The van der Waals surface area contributed by atoms with E-state index in [0.29, 0.717) is 17.1 Å². The minimum absolute atomic E-state index is 0.0736. The molecule has 92 valence electrons. The Morgan fingerprint density at radius 2 is 2.17 bits per heavy atom. The van der Waals surface area contributed by atoms with E-state index in [1.54, 1.807) is 38.2 Å². The second kappa shape index (κ2) is 4.83. The highest BCUT2D eigenvalue weighted by Crippen LogP contribution is 2.27. The summed E-state index contributed by atoms with van der Waals surface area (Å²) in [7, 11) is 0. The summed E-state index contributed by atoms with van der Waals surface area (Å²) >= 11 is 0. The summed E-state index contributed by atoms with van der Waals surface area (Å²) in [5.74, 6) is -0.288. The van der Waals surface area contributed by atoms with E-state index in [0.717, 1.165) is 0 Å². The number of hydrogen-bond donors (Lipinski definition) is 1. The van der Waals surface area contributed by atoms with Crippen molar-refractivity contribution in [1.29, 1.82) is 0 Å². The standard InChI is InChI=1S/C13H12N2O3/c1-8-6-11(12(13(16)17)9(2)15-8)18-10-4-3-5-14-7-10/h3-7H,1-2H3,(H,16,17). The van der Waals surface area contributed by atoms with Gasteiger partial charge in [-0.2, -0.15) is 0 Å². The molecule has 5 heteroatoms. The van der Waals surface area contributed by atoms with Crippen LogP contribution in [0.1, 0.15) is 21.7 Å². The first-order valence-corrected chi connectivity index (χ1v) is 5.37. The van der Waals surface area contributed by atoms with E-state index in [2.05, 4.69) is 9.97 Å². The molecule has 0 atom stereocenters. The zero-order valence-electron chi connectivity index (χ0n) is 10.0. The molecule has 0 radical (unpaired) electrons. The number of carboxylic acids is 1. The molecular weight excluding hydrogens is 232 g/mol. The van der Waals surface area contributed by atoms with E-state index in [1.807, 2.05) is 0 Å². The molecule has 5 nitrogen and oxygen atoms in total. The quantitative estimate of drug-likeness (QED) is 0.898. The summed E-state index contributed by atoms with van der Waals surface area (Å²) in [6.45, 7) is 3.43. The molecule has 0 aliphatic carbocycles. The van der Waals surface area contributed by atoms with Crippen LogP contribution >= 0.6 is 0 Å². The first-order valence-electron chi connectivity index (χ1n) is 5.37. The third-order valence-corrected chi connectivity index (χ3v) is 2.37. The molecule has 0 amide bonds. The maximum atomic E-state index is 11.2. The van der Waals surface area contributed by atoms with Crippen LogP contribution in [0.4, 0.5) is 0 Å². The molecule has 0 bridgehead atoms. The van der Waals surface area contributed by atoms with Gasteiger partial charge in [-0.1, -0.05) is 0 Å². The lowest BCUT2D eigenvalue weighted by Gasteiger charge is -2.11. The predicted molar refractivity (Wildman–Crippen MR) is 65.0 cm³/mol. The first kappa shape index (κ1) is 12.0. The topological polar surface area (TPSA) is 72.3 Å². The number of ether oxygens (including phenoxy) is 1. The molecule has 18 heavy (non-hydrogen) atoms. The van der Waals surface area contributed by atoms with Gasteiger partial charge < -0.3 is 9.84 Å². The summed E-state index contributed by atoms with van der Waals surface area (Å²) in [6.07, 6.45) is 3.14. The smallest absolute Gasteiger partial charge is 0.341 e. The van der Waals surface area contributed by atoms with Gasteiger partial charge >= 0.3 is 5.97 Å². The molecule has 0 aromatic carbocycles. The highest BCUT2D eigenvalue weighted by Gasteiger charge is 2.17. The number of carbonyl (C=O) groups is 1. The Morgan fingerprint density at radius 1 is 1.39 bits per heavy atom. The number of pyridine rings is 2. The summed E-state index contributed by atoms with van der Waals surface area (Å²) in [5.41, 5.74) is 1.21. The average molecular weight is 244 g/mol. The van der Waals surface area contributed by atoms with Gasteiger partial charge in [-0.25, -0.2) is 4.79 Å². The second-order valence-electron chi connectivity index (χ2n) is 3.82. The third-order valence-electron chi connectivity index (χ3n) is 2.37. The van der Waals surface area contributed by atoms with Crippen molar-refractivity contribution < 1.29 is 14.6 Å². The highest BCUT2D eigenvalue weighted by atomic mass is 16.5. The zero-order chi connectivity index (χ0) is 13.1. The van der Waals surface area contributed by atoms with Gasteiger partial charge in [0.15, 0.2) is 0 Å². The molecule has 2 aromatic heterocycles. The van der Waals surface area contributed by atoms with Crippen LogP contribution in [0.25, 0.3) is 0 Å².